The summed E-state index contributed by atoms with van der Waals surface area (Å²) < 4.78 is 6.20. The molecule has 1 fully saturated rings. The fraction of sp³-hybridized carbons (Fsp3) is 0.586. The van der Waals surface area contributed by atoms with Gasteiger partial charge in [0.15, 0.2) is 0 Å². The summed E-state index contributed by atoms with van der Waals surface area (Å²) in [6, 6.07) is 16.0. The summed E-state index contributed by atoms with van der Waals surface area (Å²) in [6.07, 6.45) is 10.1. The fourth-order valence-corrected chi connectivity index (χ4v) is 5.06. The molecule has 1 saturated carbocycles. The largest absolute Gasteiger partial charge is 0.493 e. The monoisotopic (exact) mass is 406 g/mol. The average Bonchev–Trinajstić information content (AvgIpc) is 2.81. The van der Waals surface area contributed by atoms with Crippen molar-refractivity contribution in [2.24, 2.45) is 11.3 Å². The van der Waals surface area contributed by atoms with Gasteiger partial charge in [-0.3, -0.25) is 0 Å². The molecule has 1 aliphatic carbocycles. The molecule has 0 spiro atoms. The number of rotatable bonds is 9. The van der Waals surface area contributed by atoms with Crippen molar-refractivity contribution in [3.05, 3.63) is 53.6 Å². The molecule has 0 amide bonds. The van der Waals surface area contributed by atoms with Gasteiger partial charge in [0.25, 0.3) is 0 Å². The first kappa shape index (κ1) is 22.9. The van der Waals surface area contributed by atoms with E-state index in [1.807, 2.05) is 0 Å². The number of hydrogen-bond donors (Lipinski definition) is 0. The van der Waals surface area contributed by atoms with Crippen molar-refractivity contribution in [2.75, 3.05) is 6.61 Å². The quantitative estimate of drug-likeness (QED) is 0.404. The van der Waals surface area contributed by atoms with Crippen molar-refractivity contribution in [1.29, 1.82) is 0 Å². The highest BCUT2D eigenvalue weighted by molar-refractivity contribution is 5.68. The minimum Gasteiger partial charge on any atom is -0.493 e. The Morgan fingerprint density at radius 2 is 1.47 bits per heavy atom. The van der Waals surface area contributed by atoms with E-state index < -0.39 is 0 Å². The molecule has 30 heavy (non-hydrogen) atoms. The maximum Gasteiger partial charge on any atom is 0.119 e. The second-order valence-corrected chi connectivity index (χ2v) is 9.60. The molecule has 0 radical (unpaired) electrons. The molecule has 0 bridgehead atoms. The zero-order chi connectivity index (χ0) is 21.6. The van der Waals surface area contributed by atoms with Crippen LogP contribution in [0.1, 0.15) is 96.6 Å². The molecule has 0 aromatic heterocycles. The molecule has 0 saturated heterocycles. The van der Waals surface area contributed by atoms with Gasteiger partial charge in [0.05, 0.1) is 6.61 Å². The van der Waals surface area contributed by atoms with Crippen LogP contribution < -0.4 is 4.74 Å². The number of aryl methyl sites for hydroxylation is 1. The third kappa shape index (κ3) is 5.29. The summed E-state index contributed by atoms with van der Waals surface area (Å²) in [6.45, 7) is 12.3. The van der Waals surface area contributed by atoms with Gasteiger partial charge >= 0.3 is 0 Å². The second kappa shape index (κ2) is 10.5. The van der Waals surface area contributed by atoms with Gasteiger partial charge in [0.1, 0.15) is 5.75 Å². The van der Waals surface area contributed by atoms with Gasteiger partial charge in [-0.05, 0) is 84.7 Å². The number of benzene rings is 2. The Labute approximate surface area is 185 Å². The van der Waals surface area contributed by atoms with Crippen molar-refractivity contribution >= 4 is 0 Å². The number of hydrogen-bond acceptors (Lipinski definition) is 1. The summed E-state index contributed by atoms with van der Waals surface area (Å²) in [5, 5.41) is 0. The van der Waals surface area contributed by atoms with Crippen LogP contribution in [0, 0.1) is 11.3 Å². The molecule has 0 unspecified atom stereocenters. The van der Waals surface area contributed by atoms with Crippen LogP contribution in [0.2, 0.25) is 0 Å². The Morgan fingerprint density at radius 3 is 2.03 bits per heavy atom. The Hall–Kier alpha value is -1.76. The van der Waals surface area contributed by atoms with E-state index >= 15 is 0 Å². The maximum absolute atomic E-state index is 6.20. The summed E-state index contributed by atoms with van der Waals surface area (Å²) in [5.74, 6) is 2.65. The molecule has 0 atom stereocenters. The van der Waals surface area contributed by atoms with Gasteiger partial charge in [0.2, 0.25) is 0 Å². The Bertz CT molecular complexity index is 768. The molecule has 1 heteroatoms. The first-order chi connectivity index (χ1) is 14.5. The topological polar surface area (TPSA) is 9.23 Å². The van der Waals surface area contributed by atoms with Crippen LogP contribution >= 0.6 is 0 Å². The number of ether oxygens (including phenoxy) is 1. The van der Waals surface area contributed by atoms with E-state index in [2.05, 4.69) is 77.1 Å². The molecule has 0 aliphatic heterocycles. The maximum atomic E-state index is 6.20. The van der Waals surface area contributed by atoms with Crippen LogP contribution in [0.4, 0.5) is 0 Å². The highest BCUT2D eigenvalue weighted by Crippen LogP contribution is 2.38. The van der Waals surface area contributed by atoms with Crippen LogP contribution in [0.25, 0.3) is 11.1 Å². The summed E-state index contributed by atoms with van der Waals surface area (Å²) >= 11 is 0. The van der Waals surface area contributed by atoms with Gasteiger partial charge < -0.3 is 4.74 Å². The zero-order valence-corrected chi connectivity index (χ0v) is 20.0. The molecule has 2 aromatic rings. The first-order valence-corrected chi connectivity index (χ1v) is 12.4. The van der Waals surface area contributed by atoms with Crippen LogP contribution in [0.15, 0.2) is 42.5 Å². The minimum atomic E-state index is 0.306. The van der Waals surface area contributed by atoms with Crippen LogP contribution in [-0.2, 0) is 6.42 Å². The first-order valence-electron chi connectivity index (χ1n) is 12.4. The van der Waals surface area contributed by atoms with Gasteiger partial charge in [-0.25, -0.2) is 0 Å². The Balaban J connectivity index is 1.72. The van der Waals surface area contributed by atoms with E-state index in [1.165, 1.54) is 61.6 Å². The molecule has 0 N–H and O–H groups in total. The highest BCUT2D eigenvalue weighted by atomic mass is 16.5. The lowest BCUT2D eigenvalue weighted by molar-refractivity contribution is 0.128. The second-order valence-electron chi connectivity index (χ2n) is 9.60. The predicted molar refractivity (Wildman–Crippen MR) is 130 cm³/mol. The van der Waals surface area contributed by atoms with E-state index in [9.17, 15) is 0 Å². The van der Waals surface area contributed by atoms with Gasteiger partial charge in [0, 0.05) is 5.41 Å². The van der Waals surface area contributed by atoms with Crippen molar-refractivity contribution in [3.63, 3.8) is 0 Å². The standard InChI is InChI=1S/C29H42O/c1-6-23-20-26(24-12-10-22(5)11-13-24)16-19-28(23)25-14-17-27(18-15-25)30-21-29(7-2,8-3)9-4/h14-20,22,24H,6-13,21H2,1-5H3. The molecular formula is C29H42O. The molecule has 164 valence electrons. The third-order valence-corrected chi connectivity index (χ3v) is 7.96. The van der Waals surface area contributed by atoms with Gasteiger partial charge in [-0.1, -0.05) is 77.8 Å². The minimum absolute atomic E-state index is 0.306. The van der Waals surface area contributed by atoms with Crippen molar-refractivity contribution < 1.29 is 4.74 Å². The molecule has 2 aromatic carbocycles. The predicted octanol–water partition coefficient (Wildman–Crippen LogP) is 8.80. The van der Waals surface area contributed by atoms with Crippen LogP contribution in [0.3, 0.4) is 0 Å². The molecule has 3 rings (SSSR count). The van der Waals surface area contributed by atoms with E-state index in [1.54, 1.807) is 5.56 Å². The van der Waals surface area contributed by atoms with E-state index in [4.69, 9.17) is 4.74 Å². The lowest BCUT2D eigenvalue weighted by Gasteiger charge is -2.30. The fourth-order valence-electron chi connectivity index (χ4n) is 5.06. The smallest absolute Gasteiger partial charge is 0.119 e. The van der Waals surface area contributed by atoms with Gasteiger partial charge in [-0.2, -0.15) is 0 Å². The Kier molecular flexibility index (Phi) is 8.03. The average molecular weight is 407 g/mol. The molecule has 0 heterocycles. The van der Waals surface area contributed by atoms with Crippen LogP contribution in [0.5, 0.6) is 5.75 Å². The van der Waals surface area contributed by atoms with E-state index in [0.29, 0.717) is 5.41 Å². The summed E-state index contributed by atoms with van der Waals surface area (Å²) in [7, 11) is 0. The van der Waals surface area contributed by atoms with E-state index in [-0.39, 0.29) is 0 Å². The summed E-state index contributed by atoms with van der Waals surface area (Å²) in [4.78, 5) is 0. The Morgan fingerprint density at radius 1 is 0.833 bits per heavy atom. The zero-order valence-electron chi connectivity index (χ0n) is 20.0. The molecular weight excluding hydrogens is 364 g/mol. The van der Waals surface area contributed by atoms with Crippen LogP contribution in [-0.4, -0.2) is 6.61 Å². The highest BCUT2D eigenvalue weighted by Gasteiger charge is 2.25. The third-order valence-electron chi connectivity index (χ3n) is 7.96. The van der Waals surface area contributed by atoms with Crippen molar-refractivity contribution in [3.8, 4) is 16.9 Å². The SMILES string of the molecule is CCc1cc(C2CCC(C)CC2)ccc1-c1ccc(OCC(CC)(CC)CC)cc1. The molecule has 1 nitrogen and oxygen atoms in total. The van der Waals surface area contributed by atoms with Gasteiger partial charge in [-0.15, -0.1) is 0 Å². The lowest BCUT2D eigenvalue weighted by Crippen LogP contribution is -2.26. The van der Waals surface area contributed by atoms with E-state index in [0.717, 1.165) is 30.6 Å². The lowest BCUT2D eigenvalue weighted by atomic mass is 9.78. The normalized spacial score (nSPS) is 19.6. The summed E-state index contributed by atoms with van der Waals surface area (Å²) in [5.41, 5.74) is 6.01. The van der Waals surface area contributed by atoms with Crippen molar-refractivity contribution in [2.45, 2.75) is 91.9 Å². The molecule has 1 aliphatic rings. The van der Waals surface area contributed by atoms with Crippen molar-refractivity contribution in [1.82, 2.24) is 0 Å².